The van der Waals surface area contributed by atoms with Gasteiger partial charge in [0.15, 0.2) is 5.82 Å². The minimum atomic E-state index is -0.613. The summed E-state index contributed by atoms with van der Waals surface area (Å²) in [6.07, 6.45) is 1.69. The summed E-state index contributed by atoms with van der Waals surface area (Å²) in [5, 5.41) is 8.85. The molecule has 0 fully saturated rings. The summed E-state index contributed by atoms with van der Waals surface area (Å²) in [5.74, 6) is 6.28. The maximum atomic E-state index is 12.3. The van der Waals surface area contributed by atoms with Crippen LogP contribution in [0, 0.1) is 0 Å². The summed E-state index contributed by atoms with van der Waals surface area (Å²) in [7, 11) is 1.58. The Kier molecular flexibility index (Phi) is 6.76. The van der Waals surface area contributed by atoms with E-state index in [1.807, 2.05) is 12.1 Å². The lowest BCUT2D eigenvalue weighted by Crippen LogP contribution is -2.34. The van der Waals surface area contributed by atoms with Crippen molar-refractivity contribution in [3.63, 3.8) is 0 Å². The fourth-order valence-electron chi connectivity index (χ4n) is 2.57. The summed E-state index contributed by atoms with van der Waals surface area (Å²) < 4.78 is 7.00. The topological polar surface area (TPSA) is 117 Å². The molecule has 3 aromatic rings. The highest BCUT2D eigenvalue weighted by Crippen LogP contribution is 2.19. The first-order valence-electron chi connectivity index (χ1n) is 8.71. The van der Waals surface area contributed by atoms with Crippen LogP contribution in [-0.2, 0) is 17.8 Å². The van der Waals surface area contributed by atoms with Gasteiger partial charge < -0.3 is 10.6 Å². The number of hydrogen-bond donors (Lipinski definition) is 2. The molecule has 0 radical (unpaired) electrons. The van der Waals surface area contributed by atoms with Gasteiger partial charge in [0.05, 0.1) is 18.3 Å². The molecular formula is C19H18Cl2N6O3. The molecule has 0 bridgehead atoms. The molecule has 30 heavy (non-hydrogen) atoms. The third-order valence-corrected chi connectivity index (χ3v) is 4.67. The van der Waals surface area contributed by atoms with Crippen molar-refractivity contribution >= 4 is 35.3 Å². The first kappa shape index (κ1) is 21.4. The predicted molar refractivity (Wildman–Crippen MR) is 115 cm³/mol. The van der Waals surface area contributed by atoms with Crippen LogP contribution in [0.4, 0.5) is 0 Å². The molecule has 0 atom stereocenters. The maximum Gasteiger partial charge on any atom is 0.365 e. The van der Waals surface area contributed by atoms with Gasteiger partial charge in [-0.05, 0) is 29.8 Å². The molecule has 156 valence electrons. The van der Waals surface area contributed by atoms with Crippen molar-refractivity contribution < 1.29 is 9.53 Å². The molecular weight excluding hydrogens is 431 g/mol. The lowest BCUT2D eigenvalue weighted by Gasteiger charge is -2.02. The fourth-order valence-corrected chi connectivity index (χ4v) is 3.02. The number of hydrazone groups is 1. The van der Waals surface area contributed by atoms with Crippen molar-refractivity contribution in [2.45, 2.75) is 13.0 Å². The van der Waals surface area contributed by atoms with Crippen LogP contribution in [0.15, 0.2) is 52.4 Å². The molecule has 0 saturated carbocycles. The molecule has 1 aromatic heterocycles. The Bertz CT molecular complexity index is 1140. The standard InChI is InChI=1S/C19H18Cl2N6O3/c1-30-15-6-2-12(3-7-15)8-17-25-26(19(29)27(17)22)11-18(28)24-23-10-13-4-5-14(20)9-16(13)21/h2-7,9-10H,8,11,22H2,1H3,(H,24,28)/b23-10+. The second kappa shape index (κ2) is 9.47. The highest BCUT2D eigenvalue weighted by molar-refractivity contribution is 6.36. The monoisotopic (exact) mass is 448 g/mol. The van der Waals surface area contributed by atoms with Gasteiger partial charge in [-0.15, -0.1) is 0 Å². The molecule has 0 unspecified atom stereocenters. The molecule has 1 amide bonds. The van der Waals surface area contributed by atoms with Crippen molar-refractivity contribution in [3.05, 3.63) is 79.9 Å². The van der Waals surface area contributed by atoms with E-state index in [0.717, 1.165) is 14.9 Å². The Morgan fingerprint density at radius 1 is 1.27 bits per heavy atom. The Morgan fingerprint density at radius 2 is 2.00 bits per heavy atom. The first-order chi connectivity index (χ1) is 14.4. The third-order valence-electron chi connectivity index (χ3n) is 4.11. The van der Waals surface area contributed by atoms with E-state index in [-0.39, 0.29) is 6.54 Å². The number of benzene rings is 2. The van der Waals surface area contributed by atoms with E-state index in [4.69, 9.17) is 33.8 Å². The maximum absolute atomic E-state index is 12.3. The van der Waals surface area contributed by atoms with Crippen LogP contribution in [0.1, 0.15) is 17.0 Å². The molecule has 11 heteroatoms. The number of ether oxygens (including phenoxy) is 1. The van der Waals surface area contributed by atoms with Gasteiger partial charge in [0.25, 0.3) is 5.91 Å². The number of rotatable bonds is 7. The fraction of sp³-hybridized carbons (Fsp3) is 0.158. The van der Waals surface area contributed by atoms with Crippen molar-refractivity contribution in [3.8, 4) is 5.75 Å². The summed E-state index contributed by atoms with van der Waals surface area (Å²) in [5.41, 5.74) is 3.16. The number of nitrogens with zero attached hydrogens (tertiary/aromatic N) is 4. The smallest absolute Gasteiger partial charge is 0.365 e. The van der Waals surface area contributed by atoms with Crippen LogP contribution in [0.25, 0.3) is 0 Å². The summed E-state index contributed by atoms with van der Waals surface area (Å²) in [4.78, 5) is 24.4. The molecule has 2 aromatic carbocycles. The number of carbonyl (C=O) groups excluding carboxylic acids is 1. The second-order valence-corrected chi connectivity index (χ2v) is 7.05. The van der Waals surface area contributed by atoms with E-state index >= 15 is 0 Å². The van der Waals surface area contributed by atoms with E-state index in [9.17, 15) is 9.59 Å². The molecule has 0 aliphatic carbocycles. The van der Waals surface area contributed by atoms with Crippen LogP contribution >= 0.6 is 23.2 Å². The van der Waals surface area contributed by atoms with Gasteiger partial charge in [0.1, 0.15) is 12.3 Å². The van der Waals surface area contributed by atoms with Crippen molar-refractivity contribution in [2.75, 3.05) is 13.0 Å². The third kappa shape index (κ3) is 5.19. The number of nitrogen functional groups attached to an aromatic ring is 1. The largest absolute Gasteiger partial charge is 0.497 e. The van der Waals surface area contributed by atoms with Gasteiger partial charge in [-0.2, -0.15) is 14.9 Å². The minimum absolute atomic E-state index is 0.314. The van der Waals surface area contributed by atoms with E-state index in [1.54, 1.807) is 37.4 Å². The second-order valence-electron chi connectivity index (χ2n) is 6.21. The van der Waals surface area contributed by atoms with Crippen molar-refractivity contribution in [2.24, 2.45) is 5.10 Å². The quantitative estimate of drug-likeness (QED) is 0.324. The van der Waals surface area contributed by atoms with E-state index in [0.29, 0.717) is 33.6 Å². The summed E-state index contributed by atoms with van der Waals surface area (Å²) in [6.45, 7) is -0.343. The SMILES string of the molecule is COc1ccc(Cc2nn(CC(=O)N/N=C/c3ccc(Cl)cc3Cl)c(=O)n2N)cc1. The van der Waals surface area contributed by atoms with Gasteiger partial charge >= 0.3 is 5.69 Å². The normalized spacial score (nSPS) is 11.0. The van der Waals surface area contributed by atoms with Crippen LogP contribution in [0.3, 0.4) is 0 Å². The average molecular weight is 449 g/mol. The van der Waals surface area contributed by atoms with Crippen LogP contribution in [-0.4, -0.2) is 33.7 Å². The van der Waals surface area contributed by atoms with Crippen molar-refractivity contribution in [1.82, 2.24) is 19.9 Å². The number of carbonyl (C=O) groups is 1. The van der Waals surface area contributed by atoms with Gasteiger partial charge in [0.2, 0.25) is 0 Å². The lowest BCUT2D eigenvalue weighted by atomic mass is 10.1. The molecule has 9 nitrogen and oxygen atoms in total. The van der Waals surface area contributed by atoms with E-state index < -0.39 is 11.6 Å². The van der Waals surface area contributed by atoms with Crippen LogP contribution in [0.5, 0.6) is 5.75 Å². The minimum Gasteiger partial charge on any atom is -0.497 e. The van der Waals surface area contributed by atoms with Gasteiger partial charge in [-0.3, -0.25) is 4.79 Å². The van der Waals surface area contributed by atoms with Crippen LogP contribution in [0.2, 0.25) is 10.0 Å². The highest BCUT2D eigenvalue weighted by atomic mass is 35.5. The number of nitrogens with one attached hydrogen (secondary N) is 1. The van der Waals surface area contributed by atoms with Gasteiger partial charge in [-0.25, -0.2) is 14.9 Å². The number of hydrogen-bond acceptors (Lipinski definition) is 6. The zero-order valence-corrected chi connectivity index (χ0v) is 17.4. The number of nitrogens with two attached hydrogens (primary N) is 1. The Labute approximate surface area is 181 Å². The Balaban J connectivity index is 1.64. The number of amides is 1. The lowest BCUT2D eigenvalue weighted by molar-refractivity contribution is -0.121. The van der Waals surface area contributed by atoms with Gasteiger partial charge in [-0.1, -0.05) is 41.4 Å². The van der Waals surface area contributed by atoms with Crippen molar-refractivity contribution in [1.29, 1.82) is 0 Å². The average Bonchev–Trinajstić information content (AvgIpc) is 2.98. The molecule has 0 spiro atoms. The zero-order valence-electron chi connectivity index (χ0n) is 15.9. The van der Waals surface area contributed by atoms with E-state index in [2.05, 4.69) is 15.6 Å². The number of aromatic nitrogens is 3. The van der Waals surface area contributed by atoms with Gasteiger partial charge in [0, 0.05) is 17.0 Å². The zero-order chi connectivity index (χ0) is 21.7. The molecule has 0 aliphatic rings. The predicted octanol–water partition coefficient (Wildman–Crippen LogP) is 1.82. The molecule has 3 rings (SSSR count). The Hall–Kier alpha value is -3.30. The van der Waals surface area contributed by atoms with E-state index in [1.165, 1.54) is 6.21 Å². The highest BCUT2D eigenvalue weighted by Gasteiger charge is 2.14. The summed E-state index contributed by atoms with van der Waals surface area (Å²) >= 11 is 11.9. The number of halogens is 2. The van der Waals surface area contributed by atoms with Crippen LogP contribution < -0.4 is 21.7 Å². The number of methoxy groups -OCH3 is 1. The molecule has 1 heterocycles. The summed E-state index contributed by atoms with van der Waals surface area (Å²) in [6, 6.07) is 12.1. The first-order valence-corrected chi connectivity index (χ1v) is 9.46. The molecule has 0 aliphatic heterocycles. The Morgan fingerprint density at radius 3 is 2.67 bits per heavy atom. The molecule has 3 N–H and O–H groups in total. The molecule has 0 saturated heterocycles.